The lowest BCUT2D eigenvalue weighted by molar-refractivity contribution is 0.0657. The molecule has 0 aromatic rings. The molecule has 18 heavy (non-hydrogen) atoms. The third-order valence-corrected chi connectivity index (χ3v) is 4.56. The summed E-state index contributed by atoms with van der Waals surface area (Å²) in [5, 5.41) is 3.77. The summed E-state index contributed by atoms with van der Waals surface area (Å²) < 4.78 is 0. The molecular formula is C16H34N2. The lowest BCUT2D eigenvalue weighted by Gasteiger charge is -2.47. The monoisotopic (exact) mass is 254 g/mol. The molecule has 0 aromatic heterocycles. The van der Waals surface area contributed by atoms with Crippen LogP contribution >= 0.6 is 0 Å². The van der Waals surface area contributed by atoms with Gasteiger partial charge in [0.1, 0.15) is 0 Å². The summed E-state index contributed by atoms with van der Waals surface area (Å²) in [6.07, 6.45) is 6.55. The fraction of sp³-hybridized carbons (Fsp3) is 1.00. The second kappa shape index (κ2) is 7.49. The average molecular weight is 254 g/mol. The van der Waals surface area contributed by atoms with Gasteiger partial charge in [0, 0.05) is 31.2 Å². The molecule has 0 radical (unpaired) electrons. The number of piperazine rings is 1. The Morgan fingerprint density at radius 1 is 1.28 bits per heavy atom. The fourth-order valence-electron chi connectivity index (χ4n) is 3.18. The minimum absolute atomic E-state index is 0.330. The molecule has 0 aromatic carbocycles. The highest BCUT2D eigenvalue weighted by Crippen LogP contribution is 2.23. The maximum absolute atomic E-state index is 3.77. The Kier molecular flexibility index (Phi) is 6.65. The first-order valence-corrected chi connectivity index (χ1v) is 8.03. The van der Waals surface area contributed by atoms with Gasteiger partial charge in [0.15, 0.2) is 0 Å². The first kappa shape index (κ1) is 16.0. The fourth-order valence-corrected chi connectivity index (χ4v) is 3.18. The molecule has 0 bridgehead atoms. The number of hydrogen-bond donors (Lipinski definition) is 1. The van der Waals surface area contributed by atoms with Crippen molar-refractivity contribution in [3.8, 4) is 0 Å². The third-order valence-electron chi connectivity index (χ3n) is 4.56. The zero-order valence-electron chi connectivity index (χ0n) is 13.3. The predicted octanol–water partition coefficient (Wildman–Crippen LogP) is 3.67. The van der Waals surface area contributed by atoms with Gasteiger partial charge in [-0.2, -0.15) is 0 Å². The number of hydrogen-bond acceptors (Lipinski definition) is 2. The van der Waals surface area contributed by atoms with Crippen molar-refractivity contribution >= 4 is 0 Å². The van der Waals surface area contributed by atoms with Gasteiger partial charge in [0.05, 0.1) is 0 Å². The predicted molar refractivity (Wildman–Crippen MR) is 81.0 cm³/mol. The van der Waals surface area contributed by atoms with E-state index in [0.29, 0.717) is 5.54 Å². The van der Waals surface area contributed by atoms with Gasteiger partial charge >= 0.3 is 0 Å². The third kappa shape index (κ3) is 4.55. The van der Waals surface area contributed by atoms with Crippen molar-refractivity contribution in [1.29, 1.82) is 0 Å². The highest BCUT2D eigenvalue weighted by Gasteiger charge is 2.34. The van der Waals surface area contributed by atoms with Gasteiger partial charge in [-0.25, -0.2) is 0 Å². The van der Waals surface area contributed by atoms with Crippen LogP contribution in [-0.2, 0) is 0 Å². The van der Waals surface area contributed by atoms with Gasteiger partial charge < -0.3 is 5.32 Å². The molecule has 0 aliphatic carbocycles. The van der Waals surface area contributed by atoms with E-state index in [2.05, 4.69) is 44.8 Å². The standard InChI is InChI=1S/C16H34N2/c1-6-9-14(4)12-18-13-16(5,8-3)17-11-15(18)10-7-2/h14-15,17H,6-13H2,1-5H3. The Balaban J connectivity index is 2.60. The van der Waals surface area contributed by atoms with Gasteiger partial charge in [0.25, 0.3) is 0 Å². The van der Waals surface area contributed by atoms with Gasteiger partial charge in [-0.05, 0) is 32.1 Å². The van der Waals surface area contributed by atoms with Crippen LogP contribution in [0.2, 0.25) is 0 Å². The van der Waals surface area contributed by atoms with Crippen LogP contribution in [0.15, 0.2) is 0 Å². The lowest BCUT2D eigenvalue weighted by Crippen LogP contribution is -2.63. The van der Waals surface area contributed by atoms with E-state index in [-0.39, 0.29) is 0 Å². The molecule has 1 fully saturated rings. The van der Waals surface area contributed by atoms with E-state index >= 15 is 0 Å². The molecule has 108 valence electrons. The molecule has 0 amide bonds. The van der Waals surface area contributed by atoms with Crippen molar-refractivity contribution in [2.75, 3.05) is 19.6 Å². The van der Waals surface area contributed by atoms with Crippen LogP contribution in [-0.4, -0.2) is 36.1 Å². The molecule has 3 unspecified atom stereocenters. The molecular weight excluding hydrogens is 220 g/mol. The van der Waals surface area contributed by atoms with Gasteiger partial charge in [-0.1, -0.05) is 40.5 Å². The zero-order valence-corrected chi connectivity index (χ0v) is 13.3. The zero-order chi connectivity index (χ0) is 13.6. The SMILES string of the molecule is CCCC(C)CN1CC(C)(CC)NCC1CCC. The molecule has 1 rings (SSSR count). The van der Waals surface area contributed by atoms with Crippen molar-refractivity contribution in [3.05, 3.63) is 0 Å². The van der Waals surface area contributed by atoms with E-state index in [9.17, 15) is 0 Å². The number of nitrogens with one attached hydrogen (secondary N) is 1. The molecule has 1 saturated heterocycles. The largest absolute Gasteiger partial charge is 0.309 e. The molecule has 2 nitrogen and oxygen atoms in total. The highest BCUT2D eigenvalue weighted by molar-refractivity contribution is 4.94. The van der Waals surface area contributed by atoms with Crippen molar-refractivity contribution in [2.24, 2.45) is 5.92 Å². The van der Waals surface area contributed by atoms with Crippen LogP contribution in [0, 0.1) is 5.92 Å². The molecule has 1 aliphatic heterocycles. The Morgan fingerprint density at radius 3 is 2.56 bits per heavy atom. The van der Waals surface area contributed by atoms with Crippen molar-refractivity contribution in [3.63, 3.8) is 0 Å². The Labute approximate surface area is 115 Å². The molecule has 0 spiro atoms. The first-order chi connectivity index (χ1) is 8.54. The lowest BCUT2D eigenvalue weighted by atomic mass is 9.91. The summed E-state index contributed by atoms with van der Waals surface area (Å²) in [7, 11) is 0. The minimum atomic E-state index is 0.330. The van der Waals surface area contributed by atoms with E-state index in [0.717, 1.165) is 12.0 Å². The van der Waals surface area contributed by atoms with Crippen LogP contribution in [0.1, 0.15) is 66.7 Å². The topological polar surface area (TPSA) is 15.3 Å². The minimum Gasteiger partial charge on any atom is -0.309 e. The van der Waals surface area contributed by atoms with E-state index < -0.39 is 0 Å². The molecule has 2 heteroatoms. The Morgan fingerprint density at radius 2 is 2.00 bits per heavy atom. The summed E-state index contributed by atoms with van der Waals surface area (Å²) in [6, 6.07) is 0.758. The summed E-state index contributed by atoms with van der Waals surface area (Å²) in [5.41, 5.74) is 0.330. The van der Waals surface area contributed by atoms with Gasteiger partial charge in [-0.15, -0.1) is 0 Å². The first-order valence-electron chi connectivity index (χ1n) is 8.03. The normalized spacial score (nSPS) is 31.5. The summed E-state index contributed by atoms with van der Waals surface area (Å²) in [6.45, 7) is 15.4. The molecule has 1 heterocycles. The quantitative estimate of drug-likeness (QED) is 0.746. The van der Waals surface area contributed by atoms with E-state index in [1.165, 1.54) is 51.7 Å². The molecule has 1 N–H and O–H groups in total. The smallest absolute Gasteiger partial charge is 0.0278 e. The maximum Gasteiger partial charge on any atom is 0.0278 e. The van der Waals surface area contributed by atoms with Crippen molar-refractivity contribution in [1.82, 2.24) is 10.2 Å². The van der Waals surface area contributed by atoms with Crippen LogP contribution in [0.4, 0.5) is 0 Å². The Hall–Kier alpha value is -0.0800. The van der Waals surface area contributed by atoms with Gasteiger partial charge in [-0.3, -0.25) is 4.90 Å². The van der Waals surface area contributed by atoms with E-state index in [1.807, 2.05) is 0 Å². The maximum atomic E-state index is 3.77. The second-order valence-corrected chi connectivity index (χ2v) is 6.56. The van der Waals surface area contributed by atoms with Crippen LogP contribution in [0.3, 0.4) is 0 Å². The average Bonchev–Trinajstić information content (AvgIpc) is 2.33. The molecule has 1 aliphatic rings. The van der Waals surface area contributed by atoms with Crippen LogP contribution in [0.5, 0.6) is 0 Å². The van der Waals surface area contributed by atoms with E-state index in [4.69, 9.17) is 0 Å². The summed E-state index contributed by atoms with van der Waals surface area (Å²) >= 11 is 0. The Bertz CT molecular complexity index is 229. The molecule has 0 saturated carbocycles. The van der Waals surface area contributed by atoms with Crippen molar-refractivity contribution in [2.45, 2.75) is 78.3 Å². The number of nitrogens with zero attached hydrogens (tertiary/aromatic N) is 1. The second-order valence-electron chi connectivity index (χ2n) is 6.56. The van der Waals surface area contributed by atoms with Crippen molar-refractivity contribution < 1.29 is 0 Å². The highest BCUT2D eigenvalue weighted by atomic mass is 15.2. The van der Waals surface area contributed by atoms with Crippen LogP contribution < -0.4 is 5.32 Å². The molecule has 3 atom stereocenters. The van der Waals surface area contributed by atoms with Gasteiger partial charge in [0.2, 0.25) is 0 Å². The van der Waals surface area contributed by atoms with E-state index in [1.54, 1.807) is 0 Å². The number of rotatable bonds is 7. The summed E-state index contributed by atoms with van der Waals surface area (Å²) in [4.78, 5) is 2.77. The van der Waals surface area contributed by atoms with Crippen LogP contribution in [0.25, 0.3) is 0 Å². The summed E-state index contributed by atoms with van der Waals surface area (Å²) in [5.74, 6) is 0.841.